The highest BCUT2D eigenvalue weighted by molar-refractivity contribution is 6.30. The maximum atomic E-state index is 12.1. The van der Waals surface area contributed by atoms with Gasteiger partial charge in [0.25, 0.3) is 5.56 Å². The third-order valence-electron chi connectivity index (χ3n) is 2.58. The van der Waals surface area contributed by atoms with Crippen LogP contribution in [0.1, 0.15) is 11.1 Å². The molecule has 1 heterocycles. The number of nitriles is 1. The summed E-state index contributed by atoms with van der Waals surface area (Å²) in [5, 5.41) is 19.3. The SMILES string of the molecule is Cc1cc(O)n(-c2ccc(Cl)cc2)c(=O)c1C#N. The molecular weight excluding hydrogens is 252 g/mol. The molecule has 0 aliphatic heterocycles. The Bertz CT molecular complexity index is 697. The Morgan fingerprint density at radius 1 is 1.33 bits per heavy atom. The number of aromatic hydroxyl groups is 1. The Kier molecular flexibility index (Phi) is 3.09. The van der Waals surface area contributed by atoms with Crippen molar-refractivity contribution < 1.29 is 5.11 Å². The average molecular weight is 261 g/mol. The molecule has 18 heavy (non-hydrogen) atoms. The number of pyridine rings is 1. The summed E-state index contributed by atoms with van der Waals surface area (Å²) in [4.78, 5) is 12.1. The second kappa shape index (κ2) is 4.55. The van der Waals surface area contributed by atoms with Crippen LogP contribution < -0.4 is 5.56 Å². The number of halogens is 1. The molecule has 0 amide bonds. The van der Waals surface area contributed by atoms with Crippen molar-refractivity contribution >= 4 is 11.6 Å². The predicted octanol–water partition coefficient (Wildman–Crippen LogP) is 2.38. The largest absolute Gasteiger partial charge is 0.494 e. The van der Waals surface area contributed by atoms with Gasteiger partial charge in [-0.05, 0) is 36.8 Å². The minimum absolute atomic E-state index is 0.0164. The van der Waals surface area contributed by atoms with Gasteiger partial charge in [0.1, 0.15) is 11.6 Å². The van der Waals surface area contributed by atoms with E-state index in [-0.39, 0.29) is 11.4 Å². The highest BCUT2D eigenvalue weighted by Crippen LogP contribution is 2.19. The molecule has 0 spiro atoms. The highest BCUT2D eigenvalue weighted by Gasteiger charge is 2.12. The lowest BCUT2D eigenvalue weighted by atomic mass is 10.1. The van der Waals surface area contributed by atoms with Gasteiger partial charge >= 0.3 is 0 Å². The van der Waals surface area contributed by atoms with Crippen LogP contribution in [0.4, 0.5) is 0 Å². The summed E-state index contributed by atoms with van der Waals surface area (Å²) in [6, 6.07) is 9.63. The fourth-order valence-electron chi connectivity index (χ4n) is 1.69. The van der Waals surface area contributed by atoms with E-state index >= 15 is 0 Å². The van der Waals surface area contributed by atoms with Gasteiger partial charge in [-0.3, -0.25) is 4.79 Å². The van der Waals surface area contributed by atoms with Crippen molar-refractivity contribution in [3.8, 4) is 17.6 Å². The number of hydrogen-bond donors (Lipinski definition) is 1. The molecule has 2 aromatic rings. The third kappa shape index (κ3) is 1.96. The first-order valence-electron chi connectivity index (χ1n) is 5.16. The van der Waals surface area contributed by atoms with Gasteiger partial charge in [-0.25, -0.2) is 4.57 Å². The van der Waals surface area contributed by atoms with E-state index in [0.29, 0.717) is 16.3 Å². The zero-order chi connectivity index (χ0) is 13.3. The summed E-state index contributed by atoms with van der Waals surface area (Å²) < 4.78 is 1.07. The van der Waals surface area contributed by atoms with Gasteiger partial charge in [0.05, 0.1) is 5.69 Å². The fraction of sp³-hybridized carbons (Fsp3) is 0.0769. The molecule has 1 N–H and O–H groups in total. The monoisotopic (exact) mass is 260 g/mol. The van der Waals surface area contributed by atoms with Crippen LogP contribution in [0.3, 0.4) is 0 Å². The van der Waals surface area contributed by atoms with Crippen LogP contribution >= 0.6 is 11.6 Å². The van der Waals surface area contributed by atoms with E-state index in [0.717, 1.165) is 4.57 Å². The van der Waals surface area contributed by atoms with E-state index in [2.05, 4.69) is 0 Å². The molecule has 90 valence electrons. The fourth-order valence-corrected chi connectivity index (χ4v) is 1.82. The molecule has 0 unspecified atom stereocenters. The number of rotatable bonds is 1. The standard InChI is InChI=1S/C13H9ClN2O2/c1-8-6-12(17)16(13(18)11(8)7-15)10-4-2-9(14)3-5-10/h2-6,17H,1H3. The quantitative estimate of drug-likeness (QED) is 0.856. The summed E-state index contributed by atoms with van der Waals surface area (Å²) in [5.41, 5.74) is 0.378. The maximum absolute atomic E-state index is 12.1. The van der Waals surface area contributed by atoms with Gasteiger partial charge < -0.3 is 5.11 Å². The van der Waals surface area contributed by atoms with E-state index in [9.17, 15) is 9.90 Å². The topological polar surface area (TPSA) is 66.0 Å². The van der Waals surface area contributed by atoms with Crippen molar-refractivity contribution in [3.05, 3.63) is 56.8 Å². The molecule has 0 saturated heterocycles. The minimum atomic E-state index is -0.544. The Balaban J connectivity index is 2.77. The molecule has 0 fully saturated rings. The Morgan fingerprint density at radius 2 is 1.94 bits per heavy atom. The first-order valence-corrected chi connectivity index (χ1v) is 5.54. The van der Waals surface area contributed by atoms with Crippen molar-refractivity contribution in [1.29, 1.82) is 5.26 Å². The van der Waals surface area contributed by atoms with E-state index in [1.807, 2.05) is 6.07 Å². The Labute approximate surface area is 108 Å². The number of aryl methyl sites for hydroxylation is 1. The van der Waals surface area contributed by atoms with Crippen molar-refractivity contribution in [2.75, 3.05) is 0 Å². The van der Waals surface area contributed by atoms with Gasteiger partial charge in [0, 0.05) is 11.1 Å². The summed E-state index contributed by atoms with van der Waals surface area (Å²) in [5.74, 6) is -0.209. The molecule has 4 nitrogen and oxygen atoms in total. The zero-order valence-corrected chi connectivity index (χ0v) is 10.3. The van der Waals surface area contributed by atoms with Gasteiger partial charge in [-0.1, -0.05) is 11.6 Å². The number of nitrogens with zero attached hydrogens (tertiary/aromatic N) is 2. The van der Waals surface area contributed by atoms with Crippen LogP contribution in [-0.2, 0) is 0 Å². The van der Waals surface area contributed by atoms with Gasteiger partial charge in [-0.2, -0.15) is 5.26 Å². The second-order valence-electron chi connectivity index (χ2n) is 3.79. The molecule has 1 aromatic heterocycles. The summed E-state index contributed by atoms with van der Waals surface area (Å²) in [6.07, 6.45) is 0. The normalized spacial score (nSPS) is 10.1. The molecule has 0 saturated carbocycles. The van der Waals surface area contributed by atoms with E-state index < -0.39 is 5.56 Å². The predicted molar refractivity (Wildman–Crippen MR) is 68.2 cm³/mol. The van der Waals surface area contributed by atoms with Gasteiger partial charge in [0.15, 0.2) is 5.88 Å². The summed E-state index contributed by atoms with van der Waals surface area (Å²) in [6.45, 7) is 1.60. The molecule has 0 bridgehead atoms. The molecule has 2 rings (SSSR count). The number of aromatic nitrogens is 1. The van der Waals surface area contributed by atoms with Crippen LogP contribution in [0.5, 0.6) is 5.88 Å². The smallest absolute Gasteiger partial charge is 0.276 e. The lowest BCUT2D eigenvalue weighted by molar-refractivity contribution is 0.434. The van der Waals surface area contributed by atoms with Crippen LogP contribution in [0.15, 0.2) is 35.1 Å². The number of hydrogen-bond acceptors (Lipinski definition) is 3. The molecular formula is C13H9ClN2O2. The average Bonchev–Trinajstić information content (AvgIpc) is 2.31. The van der Waals surface area contributed by atoms with Crippen molar-refractivity contribution in [2.45, 2.75) is 6.92 Å². The maximum Gasteiger partial charge on any atom is 0.276 e. The van der Waals surface area contributed by atoms with Crippen molar-refractivity contribution in [2.24, 2.45) is 0 Å². The molecule has 5 heteroatoms. The van der Waals surface area contributed by atoms with E-state index in [1.165, 1.54) is 6.07 Å². The molecule has 0 aliphatic rings. The van der Waals surface area contributed by atoms with Crippen LogP contribution in [0, 0.1) is 18.3 Å². The number of benzene rings is 1. The zero-order valence-electron chi connectivity index (χ0n) is 9.51. The Morgan fingerprint density at radius 3 is 2.50 bits per heavy atom. The van der Waals surface area contributed by atoms with Gasteiger partial charge in [-0.15, -0.1) is 0 Å². The minimum Gasteiger partial charge on any atom is -0.494 e. The van der Waals surface area contributed by atoms with Crippen LogP contribution in [0.2, 0.25) is 5.02 Å². The first-order chi connectivity index (χ1) is 8.54. The lowest BCUT2D eigenvalue weighted by Gasteiger charge is -2.10. The van der Waals surface area contributed by atoms with E-state index in [4.69, 9.17) is 16.9 Å². The van der Waals surface area contributed by atoms with Crippen molar-refractivity contribution in [1.82, 2.24) is 4.57 Å². The third-order valence-corrected chi connectivity index (χ3v) is 2.83. The van der Waals surface area contributed by atoms with Gasteiger partial charge in [0.2, 0.25) is 0 Å². The summed E-state index contributed by atoms with van der Waals surface area (Å²) >= 11 is 5.76. The second-order valence-corrected chi connectivity index (χ2v) is 4.23. The first kappa shape index (κ1) is 12.2. The summed E-state index contributed by atoms with van der Waals surface area (Å²) in [7, 11) is 0. The van der Waals surface area contributed by atoms with Crippen molar-refractivity contribution in [3.63, 3.8) is 0 Å². The lowest BCUT2D eigenvalue weighted by Crippen LogP contribution is -2.21. The van der Waals surface area contributed by atoms with Crippen LogP contribution in [-0.4, -0.2) is 9.67 Å². The molecule has 0 atom stereocenters. The molecule has 0 radical (unpaired) electrons. The molecule has 0 aliphatic carbocycles. The highest BCUT2D eigenvalue weighted by atomic mass is 35.5. The van der Waals surface area contributed by atoms with Crippen LogP contribution in [0.25, 0.3) is 5.69 Å². The van der Waals surface area contributed by atoms with E-state index in [1.54, 1.807) is 31.2 Å². The molecule has 1 aromatic carbocycles. The Hall–Kier alpha value is -2.25.